The van der Waals surface area contributed by atoms with E-state index < -0.39 is 0 Å². The number of hydrogen-bond donors (Lipinski definition) is 1. The molecule has 1 heterocycles. The lowest BCUT2D eigenvalue weighted by atomic mass is 10.1. The number of aromatic hydroxyl groups is 1. The molecule has 0 spiro atoms. The van der Waals surface area contributed by atoms with Gasteiger partial charge in [-0.05, 0) is 36.6 Å². The summed E-state index contributed by atoms with van der Waals surface area (Å²) in [5.41, 5.74) is 1.01. The molecular weight excluding hydrogens is 254 g/mol. The molecular formula is C16H13NOS. The minimum absolute atomic E-state index is 0.325. The molecule has 19 heavy (non-hydrogen) atoms. The molecule has 3 rings (SSSR count). The van der Waals surface area contributed by atoms with Crippen LogP contribution in [0.4, 0.5) is 0 Å². The number of aromatic nitrogens is 1. The Morgan fingerprint density at radius 3 is 2.58 bits per heavy atom. The number of phenols is 1. The second kappa shape index (κ2) is 4.94. The Balaban J connectivity index is 2.09. The lowest BCUT2D eigenvalue weighted by Crippen LogP contribution is -1.82. The number of phenolic OH excluding ortho intramolecular Hbond substituents is 1. The van der Waals surface area contributed by atoms with Gasteiger partial charge in [0.05, 0.1) is 0 Å². The van der Waals surface area contributed by atoms with Gasteiger partial charge < -0.3 is 5.11 Å². The quantitative estimate of drug-likeness (QED) is 0.747. The zero-order valence-corrected chi connectivity index (χ0v) is 11.3. The van der Waals surface area contributed by atoms with E-state index in [0.29, 0.717) is 5.75 Å². The van der Waals surface area contributed by atoms with Crippen LogP contribution < -0.4 is 0 Å². The van der Waals surface area contributed by atoms with Crippen molar-refractivity contribution in [3.8, 4) is 5.75 Å². The van der Waals surface area contributed by atoms with Gasteiger partial charge in [-0.25, -0.2) is 0 Å². The fourth-order valence-corrected chi connectivity index (χ4v) is 3.09. The second-order valence-electron chi connectivity index (χ2n) is 4.36. The summed E-state index contributed by atoms with van der Waals surface area (Å²) in [5, 5.41) is 11.8. The van der Waals surface area contributed by atoms with Crippen molar-refractivity contribution in [2.24, 2.45) is 0 Å². The third-order valence-electron chi connectivity index (χ3n) is 2.96. The van der Waals surface area contributed by atoms with E-state index in [9.17, 15) is 5.11 Å². The highest BCUT2D eigenvalue weighted by atomic mass is 32.2. The van der Waals surface area contributed by atoms with Crippen LogP contribution in [-0.2, 0) is 0 Å². The molecule has 0 saturated carbocycles. The summed E-state index contributed by atoms with van der Waals surface area (Å²) in [6, 6.07) is 15.7. The van der Waals surface area contributed by atoms with E-state index in [-0.39, 0.29) is 0 Å². The van der Waals surface area contributed by atoms with Gasteiger partial charge in [-0.2, -0.15) is 0 Å². The van der Waals surface area contributed by atoms with Crippen LogP contribution in [0.5, 0.6) is 5.75 Å². The normalized spacial score (nSPS) is 10.8. The van der Waals surface area contributed by atoms with Crippen LogP contribution in [0, 0.1) is 6.92 Å². The maximum atomic E-state index is 9.89. The standard InChI is InChI=1S/C16H13NOS/c1-11-10-12(8-9-17-11)19-16-7-6-15(18)13-4-2-3-5-14(13)16/h2-10,18H,1H3. The Bertz CT molecular complexity index is 740. The van der Waals surface area contributed by atoms with Crippen LogP contribution in [0.1, 0.15) is 5.69 Å². The summed E-state index contributed by atoms with van der Waals surface area (Å²) < 4.78 is 0. The van der Waals surface area contributed by atoms with Gasteiger partial charge in [0.15, 0.2) is 0 Å². The van der Waals surface area contributed by atoms with Crippen LogP contribution >= 0.6 is 11.8 Å². The van der Waals surface area contributed by atoms with Crippen molar-refractivity contribution >= 4 is 22.5 Å². The number of nitrogens with zero attached hydrogens (tertiary/aromatic N) is 1. The first kappa shape index (κ1) is 12.1. The Labute approximate surface area is 116 Å². The molecule has 0 bridgehead atoms. The van der Waals surface area contributed by atoms with Crippen molar-refractivity contribution in [3.05, 3.63) is 60.4 Å². The molecule has 3 aromatic rings. The molecule has 0 radical (unpaired) electrons. The molecule has 0 unspecified atom stereocenters. The zero-order valence-electron chi connectivity index (χ0n) is 10.5. The van der Waals surface area contributed by atoms with E-state index >= 15 is 0 Å². The highest BCUT2D eigenvalue weighted by molar-refractivity contribution is 7.99. The minimum atomic E-state index is 0.325. The Morgan fingerprint density at radius 1 is 1.00 bits per heavy atom. The number of aryl methyl sites for hydroxylation is 1. The number of pyridine rings is 1. The summed E-state index contributed by atoms with van der Waals surface area (Å²) >= 11 is 1.69. The first-order valence-electron chi connectivity index (χ1n) is 6.05. The average molecular weight is 267 g/mol. The van der Waals surface area contributed by atoms with E-state index in [0.717, 1.165) is 26.3 Å². The molecule has 0 aliphatic rings. The number of rotatable bonds is 2. The van der Waals surface area contributed by atoms with Gasteiger partial charge in [-0.1, -0.05) is 36.0 Å². The largest absolute Gasteiger partial charge is 0.507 e. The zero-order chi connectivity index (χ0) is 13.2. The molecule has 0 atom stereocenters. The van der Waals surface area contributed by atoms with E-state index in [1.807, 2.05) is 49.5 Å². The van der Waals surface area contributed by atoms with Crippen molar-refractivity contribution in [2.45, 2.75) is 16.7 Å². The van der Waals surface area contributed by atoms with Gasteiger partial charge in [-0.3, -0.25) is 4.98 Å². The first-order valence-corrected chi connectivity index (χ1v) is 6.87. The first-order chi connectivity index (χ1) is 9.24. The molecule has 0 amide bonds. The molecule has 0 fully saturated rings. The maximum Gasteiger partial charge on any atom is 0.123 e. The summed E-state index contributed by atoms with van der Waals surface area (Å²) in [4.78, 5) is 6.50. The Hall–Kier alpha value is -2.00. The monoisotopic (exact) mass is 267 g/mol. The summed E-state index contributed by atoms with van der Waals surface area (Å²) in [6.07, 6.45) is 1.82. The van der Waals surface area contributed by atoms with Gasteiger partial charge in [0.2, 0.25) is 0 Å². The van der Waals surface area contributed by atoms with Crippen molar-refractivity contribution < 1.29 is 5.11 Å². The third kappa shape index (κ3) is 2.42. The molecule has 0 saturated heterocycles. The van der Waals surface area contributed by atoms with E-state index in [1.165, 1.54) is 0 Å². The lowest BCUT2D eigenvalue weighted by molar-refractivity contribution is 0.481. The van der Waals surface area contributed by atoms with Gasteiger partial charge in [0.25, 0.3) is 0 Å². The van der Waals surface area contributed by atoms with Crippen LogP contribution in [0.2, 0.25) is 0 Å². The summed E-state index contributed by atoms with van der Waals surface area (Å²) in [6.45, 7) is 1.99. The van der Waals surface area contributed by atoms with Gasteiger partial charge in [0, 0.05) is 27.1 Å². The van der Waals surface area contributed by atoms with E-state index in [2.05, 4.69) is 11.1 Å². The van der Waals surface area contributed by atoms with Crippen LogP contribution in [0.3, 0.4) is 0 Å². The number of fused-ring (bicyclic) bond motifs is 1. The van der Waals surface area contributed by atoms with Crippen molar-refractivity contribution in [2.75, 3.05) is 0 Å². The highest BCUT2D eigenvalue weighted by Gasteiger charge is 2.06. The van der Waals surface area contributed by atoms with Crippen molar-refractivity contribution in [1.82, 2.24) is 4.98 Å². The third-order valence-corrected chi connectivity index (χ3v) is 4.02. The second-order valence-corrected chi connectivity index (χ2v) is 5.48. The van der Waals surface area contributed by atoms with Gasteiger partial charge >= 0.3 is 0 Å². The van der Waals surface area contributed by atoms with Gasteiger partial charge in [-0.15, -0.1) is 0 Å². The molecule has 1 aromatic heterocycles. The van der Waals surface area contributed by atoms with Crippen LogP contribution in [0.25, 0.3) is 10.8 Å². The predicted molar refractivity (Wildman–Crippen MR) is 78.7 cm³/mol. The predicted octanol–water partition coefficient (Wildman–Crippen LogP) is 4.40. The molecule has 2 nitrogen and oxygen atoms in total. The topological polar surface area (TPSA) is 33.1 Å². The van der Waals surface area contributed by atoms with Crippen LogP contribution in [-0.4, -0.2) is 10.1 Å². The lowest BCUT2D eigenvalue weighted by Gasteiger charge is -2.08. The van der Waals surface area contributed by atoms with E-state index in [4.69, 9.17) is 0 Å². The fraction of sp³-hybridized carbons (Fsp3) is 0.0625. The summed E-state index contributed by atoms with van der Waals surface area (Å²) in [5.74, 6) is 0.325. The SMILES string of the molecule is Cc1cc(Sc2ccc(O)c3ccccc23)ccn1. The molecule has 2 aromatic carbocycles. The number of hydrogen-bond acceptors (Lipinski definition) is 3. The molecule has 0 aliphatic heterocycles. The Kier molecular flexibility index (Phi) is 3.13. The number of benzene rings is 2. The van der Waals surface area contributed by atoms with Gasteiger partial charge in [0.1, 0.15) is 5.75 Å². The molecule has 0 aliphatic carbocycles. The van der Waals surface area contributed by atoms with E-state index in [1.54, 1.807) is 17.8 Å². The Morgan fingerprint density at radius 2 is 1.79 bits per heavy atom. The molecule has 1 N–H and O–H groups in total. The van der Waals surface area contributed by atoms with Crippen LogP contribution in [0.15, 0.2) is 64.5 Å². The summed E-state index contributed by atoms with van der Waals surface area (Å²) in [7, 11) is 0. The van der Waals surface area contributed by atoms with Crippen molar-refractivity contribution in [1.29, 1.82) is 0 Å². The minimum Gasteiger partial charge on any atom is -0.507 e. The highest BCUT2D eigenvalue weighted by Crippen LogP contribution is 2.36. The fourth-order valence-electron chi connectivity index (χ4n) is 2.05. The van der Waals surface area contributed by atoms with Crippen molar-refractivity contribution in [3.63, 3.8) is 0 Å². The molecule has 3 heteroatoms. The average Bonchev–Trinajstić information content (AvgIpc) is 2.42. The smallest absolute Gasteiger partial charge is 0.123 e. The molecule has 94 valence electrons. The maximum absolute atomic E-state index is 9.89.